The summed E-state index contributed by atoms with van der Waals surface area (Å²) in [5, 5.41) is 9.60. The minimum Gasteiger partial charge on any atom is -0.391 e. The number of aromatic nitrogens is 1. The Morgan fingerprint density at radius 2 is 2.46 bits per heavy atom. The number of hydrogen-bond acceptors (Lipinski definition) is 3. The molecule has 1 aromatic heterocycles. The zero-order valence-electron chi connectivity index (χ0n) is 7.94. The average molecular weight is 178 g/mol. The van der Waals surface area contributed by atoms with Gasteiger partial charge in [-0.1, -0.05) is 0 Å². The lowest BCUT2D eigenvalue weighted by molar-refractivity contribution is 0.0853. The highest BCUT2D eigenvalue weighted by Crippen LogP contribution is 2.33. The number of fused-ring (bicyclic) bond motifs is 1. The van der Waals surface area contributed by atoms with Gasteiger partial charge in [-0.2, -0.15) is 0 Å². The van der Waals surface area contributed by atoms with Crippen LogP contribution in [0.3, 0.4) is 0 Å². The zero-order valence-corrected chi connectivity index (χ0v) is 7.94. The van der Waals surface area contributed by atoms with Crippen LogP contribution in [0.5, 0.6) is 0 Å². The van der Waals surface area contributed by atoms with Crippen molar-refractivity contribution in [1.29, 1.82) is 0 Å². The number of pyridine rings is 1. The lowest BCUT2D eigenvalue weighted by atomic mass is 10.0. The molecule has 70 valence electrons. The molecule has 2 heterocycles. The van der Waals surface area contributed by atoms with Gasteiger partial charge < -0.3 is 5.11 Å². The SMILES string of the molecule is CC(O)C1c2cnccc2CN1C. The Balaban J connectivity index is 2.40. The van der Waals surface area contributed by atoms with Crippen LogP contribution < -0.4 is 0 Å². The van der Waals surface area contributed by atoms with Crippen molar-refractivity contribution in [2.45, 2.75) is 25.6 Å². The Hall–Kier alpha value is -0.930. The van der Waals surface area contributed by atoms with Crippen LogP contribution in [0.1, 0.15) is 24.1 Å². The molecule has 2 atom stereocenters. The summed E-state index contributed by atoms with van der Waals surface area (Å²) >= 11 is 0. The van der Waals surface area contributed by atoms with Crippen LogP contribution in [-0.2, 0) is 6.54 Å². The summed E-state index contributed by atoms with van der Waals surface area (Å²) in [6, 6.07) is 2.14. The molecule has 0 radical (unpaired) electrons. The Labute approximate surface area is 78.0 Å². The summed E-state index contributed by atoms with van der Waals surface area (Å²) in [6.07, 6.45) is 3.32. The fourth-order valence-corrected chi connectivity index (χ4v) is 2.08. The molecule has 13 heavy (non-hydrogen) atoms. The van der Waals surface area contributed by atoms with Gasteiger partial charge in [-0.05, 0) is 31.2 Å². The number of hydrogen-bond donors (Lipinski definition) is 1. The molecule has 0 saturated carbocycles. The van der Waals surface area contributed by atoms with E-state index in [1.165, 1.54) is 11.1 Å². The molecule has 1 aliphatic rings. The maximum atomic E-state index is 9.60. The summed E-state index contributed by atoms with van der Waals surface area (Å²) in [5.74, 6) is 0. The maximum absolute atomic E-state index is 9.60. The monoisotopic (exact) mass is 178 g/mol. The lowest BCUT2D eigenvalue weighted by Gasteiger charge is -2.22. The van der Waals surface area contributed by atoms with Gasteiger partial charge in [0.05, 0.1) is 12.1 Å². The van der Waals surface area contributed by atoms with E-state index in [0.717, 1.165) is 6.54 Å². The van der Waals surface area contributed by atoms with Crippen LogP contribution in [0.4, 0.5) is 0 Å². The molecule has 2 unspecified atom stereocenters. The highest BCUT2D eigenvalue weighted by Gasteiger charge is 2.30. The van der Waals surface area contributed by atoms with Gasteiger partial charge in [-0.15, -0.1) is 0 Å². The van der Waals surface area contributed by atoms with E-state index in [2.05, 4.69) is 9.88 Å². The van der Waals surface area contributed by atoms with Crippen molar-refractivity contribution < 1.29 is 5.11 Å². The first-order valence-electron chi connectivity index (χ1n) is 4.51. The summed E-state index contributed by atoms with van der Waals surface area (Å²) in [7, 11) is 2.03. The molecule has 3 nitrogen and oxygen atoms in total. The first kappa shape index (κ1) is 8.66. The largest absolute Gasteiger partial charge is 0.391 e. The van der Waals surface area contributed by atoms with Gasteiger partial charge in [0.1, 0.15) is 0 Å². The molecule has 1 aliphatic heterocycles. The molecule has 0 saturated heterocycles. The molecule has 0 amide bonds. The van der Waals surface area contributed by atoms with Crippen molar-refractivity contribution in [1.82, 2.24) is 9.88 Å². The lowest BCUT2D eigenvalue weighted by Crippen LogP contribution is -2.26. The second kappa shape index (κ2) is 3.09. The van der Waals surface area contributed by atoms with Crippen molar-refractivity contribution in [2.24, 2.45) is 0 Å². The highest BCUT2D eigenvalue weighted by molar-refractivity contribution is 5.31. The summed E-state index contributed by atoms with van der Waals surface area (Å²) < 4.78 is 0. The third-order valence-electron chi connectivity index (χ3n) is 2.62. The number of likely N-dealkylation sites (N-methyl/N-ethyl adjacent to an activating group) is 1. The van der Waals surface area contributed by atoms with Crippen LogP contribution in [0.2, 0.25) is 0 Å². The Kier molecular flexibility index (Phi) is 2.06. The zero-order chi connectivity index (χ0) is 9.42. The van der Waals surface area contributed by atoms with E-state index < -0.39 is 0 Å². The van der Waals surface area contributed by atoms with E-state index >= 15 is 0 Å². The molecule has 0 spiro atoms. The van der Waals surface area contributed by atoms with Crippen LogP contribution in [0.25, 0.3) is 0 Å². The molecule has 0 bridgehead atoms. The van der Waals surface area contributed by atoms with E-state index in [4.69, 9.17) is 0 Å². The molecule has 3 heteroatoms. The number of aliphatic hydroxyl groups is 1. The Morgan fingerprint density at radius 1 is 1.69 bits per heavy atom. The number of rotatable bonds is 1. The van der Waals surface area contributed by atoms with Crippen molar-refractivity contribution in [3.05, 3.63) is 29.6 Å². The predicted octanol–water partition coefficient (Wildman–Crippen LogP) is 0.949. The summed E-state index contributed by atoms with van der Waals surface area (Å²) in [5.41, 5.74) is 2.45. The molecule has 1 aromatic rings. The Bertz CT molecular complexity index is 312. The third kappa shape index (κ3) is 1.34. The van der Waals surface area contributed by atoms with Gasteiger partial charge in [-0.25, -0.2) is 0 Å². The van der Waals surface area contributed by atoms with Crippen molar-refractivity contribution >= 4 is 0 Å². The molecule has 0 fully saturated rings. The molecular weight excluding hydrogens is 164 g/mol. The minimum atomic E-state index is -0.338. The highest BCUT2D eigenvalue weighted by atomic mass is 16.3. The van der Waals surface area contributed by atoms with E-state index in [0.29, 0.717) is 0 Å². The first-order chi connectivity index (χ1) is 6.20. The van der Waals surface area contributed by atoms with E-state index in [-0.39, 0.29) is 12.1 Å². The number of nitrogens with zero attached hydrogens (tertiary/aromatic N) is 2. The fraction of sp³-hybridized carbons (Fsp3) is 0.500. The summed E-state index contributed by atoms with van der Waals surface area (Å²) in [6.45, 7) is 2.73. The second-order valence-electron chi connectivity index (χ2n) is 3.68. The topological polar surface area (TPSA) is 36.4 Å². The van der Waals surface area contributed by atoms with Gasteiger partial charge in [0.25, 0.3) is 0 Å². The van der Waals surface area contributed by atoms with Gasteiger partial charge in [-0.3, -0.25) is 9.88 Å². The Morgan fingerprint density at radius 3 is 3.15 bits per heavy atom. The fourth-order valence-electron chi connectivity index (χ4n) is 2.08. The molecule has 0 aliphatic carbocycles. The first-order valence-corrected chi connectivity index (χ1v) is 4.51. The number of aliphatic hydroxyl groups excluding tert-OH is 1. The van der Waals surface area contributed by atoms with Crippen LogP contribution >= 0.6 is 0 Å². The van der Waals surface area contributed by atoms with Gasteiger partial charge in [0.2, 0.25) is 0 Å². The molecule has 0 aromatic carbocycles. The molecule has 1 N–H and O–H groups in total. The van der Waals surface area contributed by atoms with Gasteiger partial charge in [0, 0.05) is 18.9 Å². The second-order valence-corrected chi connectivity index (χ2v) is 3.68. The maximum Gasteiger partial charge on any atom is 0.0709 e. The van der Waals surface area contributed by atoms with Crippen LogP contribution in [0.15, 0.2) is 18.5 Å². The third-order valence-corrected chi connectivity index (χ3v) is 2.62. The minimum absolute atomic E-state index is 0.115. The van der Waals surface area contributed by atoms with E-state index in [1.54, 1.807) is 6.20 Å². The summed E-state index contributed by atoms with van der Waals surface area (Å²) in [4.78, 5) is 6.24. The molecule has 2 rings (SSSR count). The van der Waals surface area contributed by atoms with Crippen molar-refractivity contribution in [2.75, 3.05) is 7.05 Å². The van der Waals surface area contributed by atoms with Crippen molar-refractivity contribution in [3.8, 4) is 0 Å². The predicted molar refractivity (Wildman–Crippen MR) is 50.1 cm³/mol. The average Bonchev–Trinajstić information content (AvgIpc) is 2.39. The molecular formula is C10H14N2O. The van der Waals surface area contributed by atoms with E-state index in [1.807, 2.05) is 26.2 Å². The van der Waals surface area contributed by atoms with Crippen LogP contribution in [0, 0.1) is 0 Å². The quantitative estimate of drug-likeness (QED) is 0.695. The van der Waals surface area contributed by atoms with Gasteiger partial charge >= 0.3 is 0 Å². The van der Waals surface area contributed by atoms with Gasteiger partial charge in [0.15, 0.2) is 0 Å². The smallest absolute Gasteiger partial charge is 0.0709 e. The van der Waals surface area contributed by atoms with Crippen LogP contribution in [-0.4, -0.2) is 28.1 Å². The standard InChI is InChI=1S/C10H14N2O/c1-7(13)10-9-5-11-4-3-8(9)6-12(10)2/h3-5,7,10,13H,6H2,1-2H3. The van der Waals surface area contributed by atoms with Crippen molar-refractivity contribution in [3.63, 3.8) is 0 Å². The normalized spacial score (nSPS) is 24.4. The van der Waals surface area contributed by atoms with E-state index in [9.17, 15) is 5.11 Å².